The molecule has 0 amide bonds. The summed E-state index contributed by atoms with van der Waals surface area (Å²) in [5.74, 6) is 1.01. The summed E-state index contributed by atoms with van der Waals surface area (Å²) in [5.41, 5.74) is 4.19. The summed E-state index contributed by atoms with van der Waals surface area (Å²) in [6.45, 7) is 1.93. The molecule has 1 aromatic heterocycles. The fourth-order valence-corrected chi connectivity index (χ4v) is 2.97. The van der Waals surface area contributed by atoms with E-state index in [-0.39, 0.29) is 5.88 Å². The van der Waals surface area contributed by atoms with E-state index in [1.54, 1.807) is 0 Å². The van der Waals surface area contributed by atoms with E-state index >= 15 is 0 Å². The maximum atomic E-state index is 9.46. The molecule has 0 bridgehead atoms. The third-order valence-electron chi connectivity index (χ3n) is 3.41. The highest BCUT2D eigenvalue weighted by Gasteiger charge is 2.15. The molecule has 0 aliphatic heterocycles. The van der Waals surface area contributed by atoms with Gasteiger partial charge in [-0.2, -0.15) is 5.26 Å². The van der Waals surface area contributed by atoms with Gasteiger partial charge in [0.1, 0.15) is 11.9 Å². The van der Waals surface area contributed by atoms with E-state index in [1.165, 1.54) is 0 Å². The van der Waals surface area contributed by atoms with Crippen LogP contribution in [0.15, 0.2) is 40.9 Å². The number of fused-ring (bicyclic) bond motifs is 1. The molecule has 5 heteroatoms. The van der Waals surface area contributed by atoms with Crippen molar-refractivity contribution in [2.45, 2.75) is 12.8 Å². The van der Waals surface area contributed by atoms with E-state index in [4.69, 9.17) is 11.6 Å². The van der Waals surface area contributed by atoms with Gasteiger partial charge >= 0.3 is 0 Å². The molecule has 0 saturated heterocycles. The van der Waals surface area contributed by atoms with Crippen molar-refractivity contribution in [2.75, 3.05) is 0 Å². The Bertz CT molecular complexity index is 877. The first-order chi connectivity index (χ1) is 10.2. The average Bonchev–Trinajstić information content (AvgIpc) is 2.84. The fourth-order valence-electron chi connectivity index (χ4n) is 2.44. The van der Waals surface area contributed by atoms with Crippen LogP contribution in [0.3, 0.4) is 0 Å². The highest BCUT2D eigenvalue weighted by Crippen LogP contribution is 2.28. The van der Waals surface area contributed by atoms with E-state index in [2.05, 4.69) is 27.0 Å². The third kappa shape index (κ3) is 2.33. The molecule has 3 aromatic rings. The second-order valence-corrected chi connectivity index (χ2v) is 5.89. The Morgan fingerprint density at radius 2 is 2.14 bits per heavy atom. The van der Waals surface area contributed by atoms with Crippen LogP contribution in [0.25, 0.3) is 16.7 Å². The molecule has 104 valence electrons. The lowest BCUT2D eigenvalue weighted by Crippen LogP contribution is -2.03. The Kier molecular flexibility index (Phi) is 3.71. The monoisotopic (exact) mass is 359 g/mol. The second-order valence-electron chi connectivity index (χ2n) is 4.71. The van der Waals surface area contributed by atoms with Crippen LogP contribution in [-0.4, -0.2) is 9.55 Å². The number of nitrogens with zero attached hydrogens (tertiary/aromatic N) is 3. The smallest absolute Gasteiger partial charge is 0.129 e. The third-order valence-corrected chi connectivity index (χ3v) is 4.14. The van der Waals surface area contributed by atoms with Gasteiger partial charge in [0.15, 0.2) is 0 Å². The Morgan fingerprint density at radius 1 is 1.33 bits per heavy atom. The molecular weight excluding hydrogens is 350 g/mol. The van der Waals surface area contributed by atoms with Crippen molar-refractivity contribution in [1.82, 2.24) is 9.55 Å². The molecule has 1 heterocycles. The summed E-state index contributed by atoms with van der Waals surface area (Å²) in [6, 6.07) is 13.9. The molecule has 0 radical (unpaired) electrons. The molecule has 0 atom stereocenters. The van der Waals surface area contributed by atoms with Gasteiger partial charge in [-0.15, -0.1) is 11.6 Å². The topological polar surface area (TPSA) is 41.6 Å². The zero-order valence-electron chi connectivity index (χ0n) is 11.3. The van der Waals surface area contributed by atoms with Gasteiger partial charge in [0.25, 0.3) is 0 Å². The van der Waals surface area contributed by atoms with Crippen LogP contribution in [0.2, 0.25) is 0 Å². The number of imidazole rings is 1. The van der Waals surface area contributed by atoms with Crippen molar-refractivity contribution in [3.05, 3.63) is 57.8 Å². The normalized spacial score (nSPS) is 10.8. The molecule has 0 aliphatic rings. The van der Waals surface area contributed by atoms with E-state index in [1.807, 2.05) is 47.9 Å². The van der Waals surface area contributed by atoms with Gasteiger partial charge in [-0.3, -0.25) is 4.57 Å². The summed E-state index contributed by atoms with van der Waals surface area (Å²) in [5, 5.41) is 9.46. The lowest BCUT2D eigenvalue weighted by molar-refractivity contribution is 0.975. The summed E-state index contributed by atoms with van der Waals surface area (Å²) >= 11 is 9.53. The number of aromatic nitrogens is 2. The maximum absolute atomic E-state index is 9.46. The summed E-state index contributed by atoms with van der Waals surface area (Å²) in [6.07, 6.45) is 0. The van der Waals surface area contributed by atoms with Crippen LogP contribution in [0, 0.1) is 18.3 Å². The number of benzene rings is 2. The Morgan fingerprint density at radius 3 is 2.86 bits per heavy atom. The average molecular weight is 361 g/mol. The predicted molar refractivity (Wildman–Crippen MR) is 87.8 cm³/mol. The van der Waals surface area contributed by atoms with Crippen LogP contribution in [-0.2, 0) is 5.88 Å². The van der Waals surface area contributed by atoms with E-state index < -0.39 is 0 Å². The van der Waals surface area contributed by atoms with Crippen LogP contribution in [0.1, 0.15) is 17.0 Å². The molecule has 0 unspecified atom stereocenters. The van der Waals surface area contributed by atoms with Crippen molar-refractivity contribution in [3.63, 3.8) is 0 Å². The Balaban J connectivity index is 2.42. The second kappa shape index (κ2) is 5.51. The predicted octanol–water partition coefficient (Wildman–Crippen LogP) is 4.71. The molecule has 0 aliphatic carbocycles. The molecule has 3 nitrogen and oxygen atoms in total. The van der Waals surface area contributed by atoms with Crippen molar-refractivity contribution in [3.8, 4) is 11.8 Å². The zero-order chi connectivity index (χ0) is 15.0. The van der Waals surface area contributed by atoms with Gasteiger partial charge in [-0.05, 0) is 36.8 Å². The van der Waals surface area contributed by atoms with Gasteiger partial charge < -0.3 is 0 Å². The number of halogens is 2. The first kappa shape index (κ1) is 14.1. The highest BCUT2D eigenvalue weighted by molar-refractivity contribution is 9.10. The molecule has 0 N–H and O–H groups in total. The lowest BCUT2D eigenvalue weighted by Gasteiger charge is -2.11. The van der Waals surface area contributed by atoms with E-state index in [9.17, 15) is 5.26 Å². The molecular formula is C16H11BrClN3. The minimum absolute atomic E-state index is 0.283. The summed E-state index contributed by atoms with van der Waals surface area (Å²) in [4.78, 5) is 4.55. The zero-order valence-corrected chi connectivity index (χ0v) is 13.6. The molecule has 21 heavy (non-hydrogen) atoms. The number of nitriles is 1. The highest BCUT2D eigenvalue weighted by atomic mass is 79.9. The van der Waals surface area contributed by atoms with Crippen molar-refractivity contribution < 1.29 is 0 Å². The van der Waals surface area contributed by atoms with Gasteiger partial charge in [-0.25, -0.2) is 4.98 Å². The van der Waals surface area contributed by atoms with Crippen LogP contribution in [0.4, 0.5) is 0 Å². The van der Waals surface area contributed by atoms with Crippen LogP contribution >= 0.6 is 27.5 Å². The van der Waals surface area contributed by atoms with Crippen molar-refractivity contribution in [1.29, 1.82) is 5.26 Å². The number of rotatable bonds is 2. The van der Waals surface area contributed by atoms with Gasteiger partial charge in [0.2, 0.25) is 0 Å². The largest absolute Gasteiger partial charge is 0.294 e. The van der Waals surface area contributed by atoms with Crippen LogP contribution in [0.5, 0.6) is 0 Å². The fraction of sp³-hybridized carbons (Fsp3) is 0.125. The first-order valence-corrected chi connectivity index (χ1v) is 7.71. The van der Waals surface area contributed by atoms with Gasteiger partial charge in [0.05, 0.1) is 28.2 Å². The summed E-state index contributed by atoms with van der Waals surface area (Å²) < 4.78 is 2.92. The van der Waals surface area contributed by atoms with Crippen LogP contribution < -0.4 is 0 Å². The Hall–Kier alpha value is -1.83. The van der Waals surface area contributed by atoms with E-state index in [0.29, 0.717) is 5.56 Å². The first-order valence-electron chi connectivity index (χ1n) is 6.38. The molecule has 0 saturated carbocycles. The quantitative estimate of drug-likeness (QED) is 0.621. The van der Waals surface area contributed by atoms with Crippen molar-refractivity contribution in [2.24, 2.45) is 0 Å². The molecule has 0 fully saturated rings. The maximum Gasteiger partial charge on any atom is 0.129 e. The molecule has 0 spiro atoms. The Labute approximate surface area is 135 Å². The number of hydrogen-bond donors (Lipinski definition) is 0. The number of hydrogen-bond acceptors (Lipinski definition) is 2. The van der Waals surface area contributed by atoms with E-state index in [0.717, 1.165) is 32.6 Å². The van der Waals surface area contributed by atoms with Gasteiger partial charge in [0, 0.05) is 4.47 Å². The minimum atomic E-state index is 0.283. The van der Waals surface area contributed by atoms with Crippen molar-refractivity contribution >= 4 is 38.6 Å². The lowest BCUT2D eigenvalue weighted by atomic mass is 10.1. The SMILES string of the molecule is Cc1cccc(-n2c(CCl)nc3ccc(Br)cc32)c1C#N. The standard InChI is InChI=1S/C16H11BrClN3/c1-10-3-2-4-14(12(10)9-19)21-15-7-11(17)5-6-13(15)20-16(21)8-18/h2-7H,8H2,1H3. The number of alkyl halides is 1. The molecule has 3 rings (SSSR count). The number of aryl methyl sites for hydroxylation is 1. The minimum Gasteiger partial charge on any atom is -0.294 e. The summed E-state index contributed by atoms with van der Waals surface area (Å²) in [7, 11) is 0. The molecule has 2 aromatic carbocycles. The van der Waals surface area contributed by atoms with Gasteiger partial charge in [-0.1, -0.05) is 28.1 Å².